The quantitative estimate of drug-likeness (QED) is 0.840. The van der Waals surface area contributed by atoms with Crippen LogP contribution in [-0.4, -0.2) is 46.3 Å². The van der Waals surface area contributed by atoms with E-state index in [4.69, 9.17) is 0 Å². The van der Waals surface area contributed by atoms with Gasteiger partial charge in [0.1, 0.15) is 12.1 Å². The summed E-state index contributed by atoms with van der Waals surface area (Å²) in [5.41, 5.74) is -0.443. The molecule has 130 valence electrons. The van der Waals surface area contributed by atoms with Gasteiger partial charge >= 0.3 is 6.03 Å². The van der Waals surface area contributed by atoms with Crippen LogP contribution in [0.25, 0.3) is 0 Å². The van der Waals surface area contributed by atoms with Crippen molar-refractivity contribution >= 4 is 17.8 Å². The van der Waals surface area contributed by atoms with Crippen LogP contribution in [0.5, 0.6) is 0 Å². The van der Waals surface area contributed by atoms with Gasteiger partial charge in [-0.2, -0.15) is 0 Å². The third-order valence-corrected chi connectivity index (χ3v) is 4.32. The second-order valence-corrected chi connectivity index (χ2v) is 6.80. The number of benzene rings is 1. The highest BCUT2D eigenvalue weighted by Crippen LogP contribution is 2.28. The largest absolute Gasteiger partial charge is 0.336 e. The summed E-state index contributed by atoms with van der Waals surface area (Å²) in [6.45, 7) is 9.07. The summed E-state index contributed by atoms with van der Waals surface area (Å²) in [6.07, 6.45) is 0. The van der Waals surface area contributed by atoms with Crippen molar-refractivity contribution in [3.05, 3.63) is 35.9 Å². The third-order valence-electron chi connectivity index (χ3n) is 4.32. The molecule has 6 heteroatoms. The zero-order valence-electron chi connectivity index (χ0n) is 14.9. The molecular weight excluding hydrogens is 306 g/mol. The van der Waals surface area contributed by atoms with Gasteiger partial charge in [0.2, 0.25) is 5.91 Å². The van der Waals surface area contributed by atoms with Crippen LogP contribution in [0.1, 0.15) is 40.2 Å². The van der Waals surface area contributed by atoms with Gasteiger partial charge in [-0.25, -0.2) is 4.79 Å². The van der Waals surface area contributed by atoms with Crippen molar-refractivity contribution in [3.8, 4) is 0 Å². The predicted octanol–water partition coefficient (Wildman–Crippen LogP) is 2.10. The molecule has 1 saturated heterocycles. The summed E-state index contributed by atoms with van der Waals surface area (Å²) in [6, 6.07) is 8.51. The fourth-order valence-electron chi connectivity index (χ4n) is 3.20. The summed E-state index contributed by atoms with van der Waals surface area (Å²) in [5, 5.41) is 2.72. The molecule has 0 radical (unpaired) electrons. The summed E-state index contributed by atoms with van der Waals surface area (Å²) >= 11 is 0. The van der Waals surface area contributed by atoms with Crippen molar-refractivity contribution in [1.82, 2.24) is 15.1 Å². The van der Waals surface area contributed by atoms with Crippen LogP contribution in [-0.2, 0) is 15.1 Å². The molecular formula is C18H25N3O3. The first kappa shape index (κ1) is 18.0. The predicted molar refractivity (Wildman–Crippen MR) is 91.2 cm³/mol. The van der Waals surface area contributed by atoms with Crippen LogP contribution in [0.15, 0.2) is 30.3 Å². The maximum absolute atomic E-state index is 12.8. The molecule has 0 aromatic heterocycles. The van der Waals surface area contributed by atoms with E-state index >= 15 is 0 Å². The maximum Gasteiger partial charge on any atom is 0.325 e. The molecule has 0 spiro atoms. The number of carbonyl (C=O) groups is 3. The summed E-state index contributed by atoms with van der Waals surface area (Å²) in [4.78, 5) is 40.4. The lowest BCUT2D eigenvalue weighted by Crippen LogP contribution is -2.49. The Labute approximate surface area is 142 Å². The Kier molecular flexibility index (Phi) is 4.96. The van der Waals surface area contributed by atoms with E-state index in [2.05, 4.69) is 5.32 Å². The summed E-state index contributed by atoms with van der Waals surface area (Å²) in [7, 11) is 0. The Morgan fingerprint density at radius 1 is 1.12 bits per heavy atom. The van der Waals surface area contributed by atoms with Crippen LogP contribution < -0.4 is 5.32 Å². The highest BCUT2D eigenvalue weighted by atomic mass is 16.2. The molecule has 1 fully saturated rings. The second kappa shape index (κ2) is 6.63. The van der Waals surface area contributed by atoms with Gasteiger partial charge in [0, 0.05) is 12.1 Å². The van der Waals surface area contributed by atoms with Gasteiger partial charge in [-0.1, -0.05) is 30.3 Å². The van der Waals surface area contributed by atoms with Crippen molar-refractivity contribution in [1.29, 1.82) is 0 Å². The van der Waals surface area contributed by atoms with Crippen LogP contribution in [0, 0.1) is 0 Å². The third kappa shape index (κ3) is 3.13. The van der Waals surface area contributed by atoms with Gasteiger partial charge in [0.25, 0.3) is 5.91 Å². The van der Waals surface area contributed by atoms with E-state index in [1.165, 1.54) is 0 Å². The summed E-state index contributed by atoms with van der Waals surface area (Å²) in [5.74, 6) is -0.639. The van der Waals surface area contributed by atoms with Crippen LogP contribution >= 0.6 is 0 Å². The lowest BCUT2D eigenvalue weighted by Gasteiger charge is -2.32. The fourth-order valence-corrected chi connectivity index (χ4v) is 3.20. The van der Waals surface area contributed by atoms with E-state index in [1.807, 2.05) is 45.9 Å². The number of rotatable bonds is 5. The number of carbonyl (C=O) groups excluding carboxylic acids is 3. The molecule has 1 aromatic rings. The molecule has 1 aliphatic heterocycles. The first-order valence-electron chi connectivity index (χ1n) is 8.19. The number of urea groups is 1. The molecule has 1 heterocycles. The Morgan fingerprint density at radius 2 is 1.67 bits per heavy atom. The Bertz CT molecular complexity index is 634. The minimum absolute atomic E-state index is 0.00114. The Balaban J connectivity index is 2.22. The molecule has 2 rings (SSSR count). The molecule has 6 nitrogen and oxygen atoms in total. The summed E-state index contributed by atoms with van der Waals surface area (Å²) < 4.78 is 0. The van der Waals surface area contributed by atoms with Gasteiger partial charge in [0.15, 0.2) is 0 Å². The first-order chi connectivity index (χ1) is 11.2. The van der Waals surface area contributed by atoms with E-state index < -0.39 is 17.5 Å². The van der Waals surface area contributed by atoms with Crippen molar-refractivity contribution in [2.45, 2.75) is 52.2 Å². The van der Waals surface area contributed by atoms with Crippen molar-refractivity contribution in [3.63, 3.8) is 0 Å². The molecule has 1 aromatic carbocycles. The fraction of sp³-hybridized carbons (Fsp3) is 0.500. The van der Waals surface area contributed by atoms with Crippen molar-refractivity contribution in [2.24, 2.45) is 0 Å². The zero-order chi connectivity index (χ0) is 18.1. The standard InChI is InChI=1S/C18H25N3O3/c1-12(2)21(13(3)4)15(22)11-20-16(23)18(5,19-17(20)24)14-9-7-6-8-10-14/h6-10,12-13H,11H2,1-5H3,(H,19,24). The average molecular weight is 331 g/mol. The normalized spacial score (nSPS) is 20.7. The topological polar surface area (TPSA) is 69.7 Å². The molecule has 24 heavy (non-hydrogen) atoms. The van der Waals surface area contributed by atoms with Crippen LogP contribution in [0.2, 0.25) is 0 Å². The molecule has 1 unspecified atom stereocenters. The van der Waals surface area contributed by atoms with Crippen molar-refractivity contribution in [2.75, 3.05) is 6.54 Å². The van der Waals surface area contributed by atoms with E-state index in [-0.39, 0.29) is 24.5 Å². The van der Waals surface area contributed by atoms with Crippen LogP contribution in [0.4, 0.5) is 4.79 Å². The molecule has 4 amide bonds. The molecule has 1 aliphatic rings. The molecule has 0 aliphatic carbocycles. The van der Waals surface area contributed by atoms with E-state index in [1.54, 1.807) is 24.0 Å². The number of amides is 4. The minimum Gasteiger partial charge on any atom is -0.336 e. The minimum atomic E-state index is -1.14. The van der Waals surface area contributed by atoms with E-state index in [9.17, 15) is 14.4 Å². The number of imide groups is 1. The van der Waals surface area contributed by atoms with E-state index in [0.29, 0.717) is 5.56 Å². The number of hydrogen-bond acceptors (Lipinski definition) is 3. The smallest absolute Gasteiger partial charge is 0.325 e. The molecule has 0 bridgehead atoms. The van der Waals surface area contributed by atoms with E-state index in [0.717, 1.165) is 4.90 Å². The molecule has 1 atom stereocenters. The molecule has 1 N–H and O–H groups in total. The highest BCUT2D eigenvalue weighted by molar-refractivity contribution is 6.09. The maximum atomic E-state index is 12.8. The lowest BCUT2D eigenvalue weighted by molar-refractivity contribution is -0.141. The van der Waals surface area contributed by atoms with Gasteiger partial charge in [-0.05, 0) is 40.2 Å². The van der Waals surface area contributed by atoms with Crippen molar-refractivity contribution < 1.29 is 14.4 Å². The average Bonchev–Trinajstić information content (AvgIpc) is 2.72. The van der Waals surface area contributed by atoms with Gasteiger partial charge in [0.05, 0.1) is 0 Å². The first-order valence-corrected chi connectivity index (χ1v) is 8.19. The monoisotopic (exact) mass is 331 g/mol. The van der Waals surface area contributed by atoms with Gasteiger partial charge in [-0.3, -0.25) is 14.5 Å². The number of hydrogen-bond donors (Lipinski definition) is 1. The SMILES string of the molecule is CC(C)N(C(=O)CN1C(=O)NC(C)(c2ccccc2)C1=O)C(C)C. The van der Waals surface area contributed by atoms with Gasteiger partial charge in [-0.15, -0.1) is 0 Å². The Morgan fingerprint density at radius 3 is 2.17 bits per heavy atom. The second-order valence-electron chi connectivity index (χ2n) is 6.80. The van der Waals surface area contributed by atoms with Crippen LogP contribution in [0.3, 0.4) is 0 Å². The zero-order valence-corrected chi connectivity index (χ0v) is 14.9. The number of nitrogens with zero attached hydrogens (tertiary/aromatic N) is 2. The molecule has 0 saturated carbocycles. The highest BCUT2D eigenvalue weighted by Gasteiger charge is 2.49. The lowest BCUT2D eigenvalue weighted by atomic mass is 9.92. The Hall–Kier alpha value is -2.37. The van der Waals surface area contributed by atoms with Gasteiger partial charge < -0.3 is 10.2 Å². The number of nitrogens with one attached hydrogen (secondary N) is 1.